The molecule has 0 aliphatic carbocycles. The number of halogens is 6. The zero-order valence-electron chi connectivity index (χ0n) is 11.7. The highest BCUT2D eigenvalue weighted by Crippen LogP contribution is 2.31. The van der Waals surface area contributed by atoms with E-state index in [2.05, 4.69) is 31.9 Å². The Hall–Kier alpha value is 0.520. The van der Waals surface area contributed by atoms with Crippen molar-refractivity contribution in [3.05, 3.63) is 67.6 Å². The lowest BCUT2D eigenvalue weighted by molar-refractivity contribution is 0.139. The molecule has 124 valence electrons. The van der Waals surface area contributed by atoms with Crippen LogP contribution in [0.15, 0.2) is 36.4 Å². The summed E-state index contributed by atoms with van der Waals surface area (Å²) in [6, 6.07) is 10.8. The minimum atomic E-state index is 0.00125. The second-order valence-corrected chi connectivity index (χ2v) is 8.83. The molecule has 2 aromatic rings. The van der Waals surface area contributed by atoms with Crippen molar-refractivity contribution in [2.45, 2.75) is 9.65 Å². The average molecular weight is 522 g/mol. The van der Waals surface area contributed by atoms with E-state index in [4.69, 9.17) is 51.1 Å². The number of alkyl halides is 2. The van der Waals surface area contributed by atoms with E-state index < -0.39 is 0 Å². The molecular weight excluding hydrogens is 510 g/mol. The highest BCUT2D eigenvalue weighted by atomic mass is 79.9. The van der Waals surface area contributed by atoms with E-state index in [0.717, 1.165) is 11.1 Å². The molecule has 0 N–H and O–H groups in total. The molecule has 0 heterocycles. The summed E-state index contributed by atoms with van der Waals surface area (Å²) in [5, 5.41) is 2.40. The van der Waals surface area contributed by atoms with Crippen LogP contribution in [0.5, 0.6) is 0 Å². The van der Waals surface area contributed by atoms with Gasteiger partial charge in [0.2, 0.25) is 0 Å². The van der Waals surface area contributed by atoms with Gasteiger partial charge in [-0.2, -0.15) is 0 Å². The molecular formula is C16H12Br2Cl4O. The Morgan fingerprint density at radius 3 is 1.26 bits per heavy atom. The second kappa shape index (κ2) is 9.28. The summed E-state index contributed by atoms with van der Waals surface area (Å²) in [6.45, 7) is 0.958. The lowest BCUT2D eigenvalue weighted by Gasteiger charge is -2.15. The van der Waals surface area contributed by atoms with Gasteiger partial charge < -0.3 is 4.74 Å². The first-order chi connectivity index (χ1) is 10.8. The molecule has 0 saturated carbocycles. The maximum absolute atomic E-state index is 6.01. The van der Waals surface area contributed by atoms with Crippen LogP contribution in [0.2, 0.25) is 20.1 Å². The zero-order valence-corrected chi connectivity index (χ0v) is 17.9. The van der Waals surface area contributed by atoms with Crippen LogP contribution in [0.25, 0.3) is 0 Å². The smallest absolute Gasteiger partial charge is 0.0633 e. The molecule has 2 rings (SSSR count). The lowest BCUT2D eigenvalue weighted by Crippen LogP contribution is -2.07. The summed E-state index contributed by atoms with van der Waals surface area (Å²) < 4.78 is 5.76. The fraction of sp³-hybridized carbons (Fsp3) is 0.250. The van der Waals surface area contributed by atoms with Crippen LogP contribution in [0, 0.1) is 0 Å². The van der Waals surface area contributed by atoms with Crippen molar-refractivity contribution in [3.8, 4) is 0 Å². The molecule has 0 aromatic heterocycles. The molecule has 0 amide bonds. The third-order valence-electron chi connectivity index (χ3n) is 3.02. The Labute approximate surface area is 172 Å². The van der Waals surface area contributed by atoms with Crippen LogP contribution < -0.4 is 0 Å². The van der Waals surface area contributed by atoms with Crippen LogP contribution in [0.1, 0.15) is 20.8 Å². The fourth-order valence-corrected chi connectivity index (χ4v) is 3.97. The van der Waals surface area contributed by atoms with Crippen molar-refractivity contribution in [3.63, 3.8) is 0 Å². The van der Waals surface area contributed by atoms with Gasteiger partial charge in [0.05, 0.1) is 22.9 Å². The van der Waals surface area contributed by atoms with E-state index in [0.29, 0.717) is 33.3 Å². The predicted octanol–water partition coefficient (Wildman–Crippen LogP) is 7.89. The monoisotopic (exact) mass is 518 g/mol. The highest BCUT2D eigenvalue weighted by molar-refractivity contribution is 9.09. The van der Waals surface area contributed by atoms with Gasteiger partial charge in [-0.3, -0.25) is 0 Å². The molecule has 0 aliphatic rings. The van der Waals surface area contributed by atoms with Gasteiger partial charge in [-0.25, -0.2) is 0 Å². The van der Waals surface area contributed by atoms with E-state index in [1.165, 1.54) is 0 Å². The van der Waals surface area contributed by atoms with Crippen LogP contribution in [-0.2, 0) is 4.74 Å². The quantitative estimate of drug-likeness (QED) is 0.351. The first-order valence-corrected chi connectivity index (χ1v) is 9.97. The predicted molar refractivity (Wildman–Crippen MR) is 107 cm³/mol. The van der Waals surface area contributed by atoms with Crippen LogP contribution >= 0.6 is 78.3 Å². The van der Waals surface area contributed by atoms with Gasteiger partial charge in [-0.05, 0) is 47.5 Å². The fourth-order valence-electron chi connectivity index (χ4n) is 1.98. The molecule has 0 aliphatic heterocycles. The molecule has 0 radical (unpaired) electrons. The number of hydrogen-bond donors (Lipinski definition) is 0. The SMILES string of the molecule is Clc1cc(Cl)cc(C(Br)COCC(Br)c2cc(Cl)cc(Cl)c2)c1. The summed E-state index contributed by atoms with van der Waals surface area (Å²) in [6.07, 6.45) is 0. The van der Waals surface area contributed by atoms with Gasteiger partial charge in [0.1, 0.15) is 0 Å². The molecule has 7 heteroatoms. The number of benzene rings is 2. The number of rotatable bonds is 6. The van der Waals surface area contributed by atoms with Crippen molar-refractivity contribution in [2.24, 2.45) is 0 Å². The van der Waals surface area contributed by atoms with Crippen molar-refractivity contribution in [1.29, 1.82) is 0 Å². The molecule has 1 nitrogen and oxygen atoms in total. The molecule has 23 heavy (non-hydrogen) atoms. The van der Waals surface area contributed by atoms with E-state index >= 15 is 0 Å². The minimum Gasteiger partial charge on any atom is -0.378 e. The van der Waals surface area contributed by atoms with Crippen LogP contribution in [0.4, 0.5) is 0 Å². The molecule has 0 fully saturated rings. The standard InChI is InChI=1S/C16H12Br2Cl4O/c17-15(9-1-11(19)5-12(20)2-9)7-23-8-16(18)10-3-13(21)6-14(22)4-10/h1-6,15-16H,7-8H2. The van der Waals surface area contributed by atoms with Crippen molar-refractivity contribution in [1.82, 2.24) is 0 Å². The summed E-state index contributed by atoms with van der Waals surface area (Å²) in [5.41, 5.74) is 1.94. The van der Waals surface area contributed by atoms with Crippen molar-refractivity contribution in [2.75, 3.05) is 13.2 Å². The van der Waals surface area contributed by atoms with Gasteiger partial charge >= 0.3 is 0 Å². The maximum atomic E-state index is 6.01. The minimum absolute atomic E-state index is 0.00125. The molecule has 2 unspecified atom stereocenters. The topological polar surface area (TPSA) is 9.23 Å². The van der Waals surface area contributed by atoms with Gasteiger partial charge in [-0.15, -0.1) is 0 Å². The number of ether oxygens (including phenoxy) is 1. The third-order valence-corrected chi connectivity index (χ3v) is 5.48. The van der Waals surface area contributed by atoms with Crippen LogP contribution in [-0.4, -0.2) is 13.2 Å². The molecule has 2 aromatic carbocycles. The number of hydrogen-bond acceptors (Lipinski definition) is 1. The summed E-state index contributed by atoms with van der Waals surface area (Å²) >= 11 is 31.2. The maximum Gasteiger partial charge on any atom is 0.0633 e. The van der Waals surface area contributed by atoms with Gasteiger partial charge in [0, 0.05) is 20.1 Å². The van der Waals surface area contributed by atoms with Gasteiger partial charge in [-0.1, -0.05) is 78.3 Å². The molecule has 0 bridgehead atoms. The highest BCUT2D eigenvalue weighted by Gasteiger charge is 2.13. The zero-order chi connectivity index (χ0) is 17.0. The van der Waals surface area contributed by atoms with E-state index in [9.17, 15) is 0 Å². The van der Waals surface area contributed by atoms with E-state index in [-0.39, 0.29) is 9.65 Å². The van der Waals surface area contributed by atoms with Gasteiger partial charge in [0.15, 0.2) is 0 Å². The van der Waals surface area contributed by atoms with Gasteiger partial charge in [0.25, 0.3) is 0 Å². The third kappa shape index (κ3) is 6.39. The Morgan fingerprint density at radius 2 is 0.957 bits per heavy atom. The first-order valence-electron chi connectivity index (χ1n) is 6.63. The van der Waals surface area contributed by atoms with Crippen molar-refractivity contribution >= 4 is 78.3 Å². The normalized spacial score (nSPS) is 13.8. The molecule has 2 atom stereocenters. The average Bonchev–Trinajstić information content (AvgIpc) is 2.44. The summed E-state index contributed by atoms with van der Waals surface area (Å²) in [4.78, 5) is 0.00250. The van der Waals surface area contributed by atoms with E-state index in [1.807, 2.05) is 24.3 Å². The summed E-state index contributed by atoms with van der Waals surface area (Å²) in [7, 11) is 0. The van der Waals surface area contributed by atoms with Crippen LogP contribution in [0.3, 0.4) is 0 Å². The Morgan fingerprint density at radius 1 is 0.652 bits per heavy atom. The largest absolute Gasteiger partial charge is 0.378 e. The first kappa shape index (κ1) is 19.8. The lowest BCUT2D eigenvalue weighted by atomic mass is 10.1. The molecule has 0 spiro atoms. The van der Waals surface area contributed by atoms with Crippen molar-refractivity contribution < 1.29 is 4.74 Å². The summed E-state index contributed by atoms with van der Waals surface area (Å²) in [5.74, 6) is 0. The Kier molecular flexibility index (Phi) is 8.01. The Balaban J connectivity index is 1.90. The Bertz CT molecular complexity index is 583. The molecule has 0 saturated heterocycles. The second-order valence-electron chi connectivity index (χ2n) is 4.88. The van der Waals surface area contributed by atoms with E-state index in [1.54, 1.807) is 12.1 Å².